The predicted octanol–water partition coefficient (Wildman–Crippen LogP) is 2.32. The fraction of sp³-hybridized carbons (Fsp3) is 0.857. The number of carboxylic acid groups (broad SMARTS) is 1. The molecule has 19 heavy (non-hydrogen) atoms. The minimum absolute atomic E-state index is 0.0651. The summed E-state index contributed by atoms with van der Waals surface area (Å²) in [5.74, 6) is -0.289. The maximum atomic E-state index is 12.0. The minimum atomic E-state index is -0.824. The van der Waals surface area contributed by atoms with Gasteiger partial charge >= 0.3 is 12.0 Å². The van der Waals surface area contributed by atoms with Crippen molar-refractivity contribution in [2.75, 3.05) is 13.1 Å². The van der Waals surface area contributed by atoms with Gasteiger partial charge in [0.05, 0.1) is 0 Å². The molecule has 0 radical (unpaired) electrons. The van der Waals surface area contributed by atoms with E-state index in [0.717, 1.165) is 19.5 Å². The van der Waals surface area contributed by atoms with Crippen molar-refractivity contribution in [3.8, 4) is 0 Å². The quantitative estimate of drug-likeness (QED) is 0.823. The molecule has 0 aromatic carbocycles. The number of carbonyl (C=O) groups excluding carboxylic acids is 1. The van der Waals surface area contributed by atoms with Crippen molar-refractivity contribution in [2.24, 2.45) is 11.3 Å². The molecule has 1 fully saturated rings. The highest BCUT2D eigenvalue weighted by Crippen LogP contribution is 2.33. The Morgan fingerprint density at radius 2 is 2.05 bits per heavy atom. The highest BCUT2D eigenvalue weighted by molar-refractivity contribution is 5.75. The molecular formula is C14H26N2O3. The number of carboxylic acids is 1. The van der Waals surface area contributed by atoms with Gasteiger partial charge in [-0.25, -0.2) is 4.79 Å². The molecule has 2 unspecified atom stereocenters. The molecule has 1 saturated heterocycles. The first-order chi connectivity index (χ1) is 8.70. The molecule has 0 aliphatic carbocycles. The van der Waals surface area contributed by atoms with Crippen LogP contribution in [-0.2, 0) is 4.79 Å². The predicted molar refractivity (Wildman–Crippen MR) is 74.0 cm³/mol. The van der Waals surface area contributed by atoms with Crippen molar-refractivity contribution >= 4 is 12.0 Å². The Balaban J connectivity index is 2.37. The summed E-state index contributed by atoms with van der Waals surface area (Å²) in [6.07, 6.45) is 1.60. The topological polar surface area (TPSA) is 69.6 Å². The van der Waals surface area contributed by atoms with Gasteiger partial charge in [-0.15, -0.1) is 0 Å². The molecule has 0 aromatic rings. The van der Waals surface area contributed by atoms with E-state index >= 15 is 0 Å². The van der Waals surface area contributed by atoms with E-state index in [1.165, 1.54) is 0 Å². The SMILES string of the molecule is CC(CCC(=O)O)NC(=O)N1CCC(C(C)(C)C)C1. The van der Waals surface area contributed by atoms with E-state index in [1.54, 1.807) is 0 Å². The van der Waals surface area contributed by atoms with Crippen LogP contribution in [0.15, 0.2) is 0 Å². The number of nitrogens with zero attached hydrogens (tertiary/aromatic N) is 1. The molecule has 2 N–H and O–H groups in total. The van der Waals surface area contributed by atoms with E-state index < -0.39 is 5.97 Å². The first-order valence-electron chi connectivity index (χ1n) is 6.97. The molecule has 5 heteroatoms. The molecule has 0 bridgehead atoms. The molecule has 2 amide bonds. The van der Waals surface area contributed by atoms with Crippen LogP contribution in [0, 0.1) is 11.3 Å². The Hall–Kier alpha value is -1.26. The average Bonchev–Trinajstić information content (AvgIpc) is 2.75. The summed E-state index contributed by atoms with van der Waals surface area (Å²) in [7, 11) is 0. The van der Waals surface area contributed by atoms with Crippen LogP contribution in [0.25, 0.3) is 0 Å². The third kappa shape index (κ3) is 5.09. The van der Waals surface area contributed by atoms with Gasteiger partial charge in [0.1, 0.15) is 0 Å². The molecule has 1 heterocycles. The Morgan fingerprint density at radius 1 is 1.42 bits per heavy atom. The lowest BCUT2D eigenvalue weighted by Crippen LogP contribution is -2.43. The number of likely N-dealkylation sites (tertiary alicyclic amines) is 1. The standard InChI is InChI=1S/C14H26N2O3/c1-10(5-6-12(17)18)15-13(19)16-8-7-11(9-16)14(2,3)4/h10-11H,5-9H2,1-4H3,(H,15,19)(H,17,18). The minimum Gasteiger partial charge on any atom is -0.481 e. The van der Waals surface area contributed by atoms with E-state index in [2.05, 4.69) is 26.1 Å². The zero-order chi connectivity index (χ0) is 14.6. The third-order valence-corrected chi connectivity index (χ3v) is 3.86. The van der Waals surface area contributed by atoms with E-state index in [-0.39, 0.29) is 23.9 Å². The van der Waals surface area contributed by atoms with Crippen molar-refractivity contribution in [3.63, 3.8) is 0 Å². The summed E-state index contributed by atoms with van der Waals surface area (Å²) in [5.41, 5.74) is 0.226. The second kappa shape index (κ2) is 6.26. The average molecular weight is 270 g/mol. The van der Waals surface area contributed by atoms with Gasteiger partial charge in [0.2, 0.25) is 0 Å². The van der Waals surface area contributed by atoms with E-state index in [0.29, 0.717) is 12.3 Å². The van der Waals surface area contributed by atoms with Gasteiger partial charge in [0, 0.05) is 25.6 Å². The number of nitrogens with one attached hydrogen (secondary N) is 1. The second-order valence-electron chi connectivity index (χ2n) is 6.58. The van der Waals surface area contributed by atoms with Gasteiger partial charge in [0.15, 0.2) is 0 Å². The van der Waals surface area contributed by atoms with Crippen LogP contribution in [0.2, 0.25) is 0 Å². The van der Waals surface area contributed by atoms with Crippen LogP contribution in [0.5, 0.6) is 0 Å². The number of urea groups is 1. The molecule has 0 aromatic heterocycles. The number of amides is 2. The number of aliphatic carboxylic acids is 1. The zero-order valence-corrected chi connectivity index (χ0v) is 12.4. The van der Waals surface area contributed by atoms with E-state index in [4.69, 9.17) is 5.11 Å². The van der Waals surface area contributed by atoms with Crippen molar-refractivity contribution in [2.45, 2.75) is 53.0 Å². The molecule has 1 aliphatic rings. The number of hydrogen-bond acceptors (Lipinski definition) is 2. The molecule has 2 atom stereocenters. The van der Waals surface area contributed by atoms with E-state index in [9.17, 15) is 9.59 Å². The number of rotatable bonds is 4. The molecule has 1 rings (SSSR count). The first kappa shape index (κ1) is 15.8. The van der Waals surface area contributed by atoms with Crippen molar-refractivity contribution in [3.05, 3.63) is 0 Å². The van der Waals surface area contributed by atoms with Crippen molar-refractivity contribution < 1.29 is 14.7 Å². The maximum Gasteiger partial charge on any atom is 0.317 e. The van der Waals surface area contributed by atoms with Crippen molar-refractivity contribution in [1.82, 2.24) is 10.2 Å². The summed E-state index contributed by atoms with van der Waals surface area (Å²) in [4.78, 5) is 24.4. The fourth-order valence-corrected chi connectivity index (χ4v) is 2.37. The van der Waals surface area contributed by atoms with Crippen LogP contribution in [0.3, 0.4) is 0 Å². The highest BCUT2D eigenvalue weighted by Gasteiger charge is 2.33. The summed E-state index contributed by atoms with van der Waals surface area (Å²) in [5, 5.41) is 11.5. The largest absolute Gasteiger partial charge is 0.481 e. The lowest BCUT2D eigenvalue weighted by molar-refractivity contribution is -0.137. The Bertz CT molecular complexity index is 336. The fourth-order valence-electron chi connectivity index (χ4n) is 2.37. The molecule has 110 valence electrons. The second-order valence-corrected chi connectivity index (χ2v) is 6.58. The summed E-state index contributed by atoms with van der Waals surface area (Å²) < 4.78 is 0. The molecular weight excluding hydrogens is 244 g/mol. The van der Waals surface area contributed by atoms with Crippen LogP contribution < -0.4 is 5.32 Å². The first-order valence-corrected chi connectivity index (χ1v) is 6.97. The Labute approximate surface area is 115 Å². The highest BCUT2D eigenvalue weighted by atomic mass is 16.4. The van der Waals surface area contributed by atoms with E-state index in [1.807, 2.05) is 11.8 Å². The van der Waals surface area contributed by atoms with Crippen LogP contribution in [-0.4, -0.2) is 41.1 Å². The number of hydrogen-bond donors (Lipinski definition) is 2. The monoisotopic (exact) mass is 270 g/mol. The Morgan fingerprint density at radius 3 is 2.53 bits per heavy atom. The lowest BCUT2D eigenvalue weighted by Gasteiger charge is -2.27. The molecule has 5 nitrogen and oxygen atoms in total. The van der Waals surface area contributed by atoms with Crippen LogP contribution >= 0.6 is 0 Å². The van der Waals surface area contributed by atoms with Gasteiger partial charge < -0.3 is 15.3 Å². The molecule has 0 spiro atoms. The molecule has 1 aliphatic heterocycles. The number of carbonyl (C=O) groups is 2. The van der Waals surface area contributed by atoms with Gasteiger partial charge in [0.25, 0.3) is 0 Å². The summed E-state index contributed by atoms with van der Waals surface area (Å²) in [6, 6.07) is -0.165. The zero-order valence-electron chi connectivity index (χ0n) is 12.4. The molecule has 0 saturated carbocycles. The van der Waals surface area contributed by atoms with Crippen molar-refractivity contribution in [1.29, 1.82) is 0 Å². The lowest BCUT2D eigenvalue weighted by atomic mass is 9.80. The van der Waals surface area contributed by atoms with Crippen LogP contribution in [0.1, 0.15) is 47.0 Å². The summed E-state index contributed by atoms with van der Waals surface area (Å²) >= 11 is 0. The van der Waals surface area contributed by atoms with Gasteiger partial charge in [-0.3, -0.25) is 4.79 Å². The van der Waals surface area contributed by atoms with Gasteiger partial charge in [-0.05, 0) is 31.1 Å². The smallest absolute Gasteiger partial charge is 0.317 e. The van der Waals surface area contributed by atoms with Gasteiger partial charge in [-0.1, -0.05) is 20.8 Å². The maximum absolute atomic E-state index is 12.0. The summed E-state index contributed by atoms with van der Waals surface area (Å²) in [6.45, 7) is 10.0. The van der Waals surface area contributed by atoms with Crippen LogP contribution in [0.4, 0.5) is 4.79 Å². The normalized spacial score (nSPS) is 21.3. The van der Waals surface area contributed by atoms with Gasteiger partial charge in [-0.2, -0.15) is 0 Å². The Kier molecular flexibility index (Phi) is 5.20. The third-order valence-electron chi connectivity index (χ3n) is 3.86.